The lowest BCUT2D eigenvalue weighted by atomic mass is 9.98. The Bertz CT molecular complexity index is 2500. The minimum atomic E-state index is -0.776. The third kappa shape index (κ3) is 8.98. The van der Waals surface area contributed by atoms with Crippen LogP contribution in [0.25, 0.3) is 44.4 Å². The van der Waals surface area contributed by atoms with Crippen molar-refractivity contribution in [2.24, 2.45) is 23.7 Å². The number of piperidine rings is 1. The van der Waals surface area contributed by atoms with E-state index in [1.165, 1.54) is 14.2 Å². The zero-order valence-corrected chi connectivity index (χ0v) is 37.1. The largest absolute Gasteiger partial charge is 0.453 e. The normalized spacial score (nSPS) is 19.5. The maximum atomic E-state index is 13.9. The van der Waals surface area contributed by atoms with Gasteiger partial charge in [0.15, 0.2) is 0 Å². The molecule has 2 aromatic heterocycles. The zero-order chi connectivity index (χ0) is 44.0. The van der Waals surface area contributed by atoms with Gasteiger partial charge >= 0.3 is 12.2 Å². The molecule has 16 heteroatoms. The van der Waals surface area contributed by atoms with Crippen LogP contribution in [-0.4, -0.2) is 81.2 Å². The van der Waals surface area contributed by atoms with Gasteiger partial charge in [0.1, 0.15) is 45.4 Å². The summed E-state index contributed by atoms with van der Waals surface area (Å²) >= 11 is 13.6. The summed E-state index contributed by atoms with van der Waals surface area (Å²) in [6, 6.07) is 18.4. The number of aromatic nitrogens is 4. The number of carbonyl (C=O) groups excluding carboxylic acids is 4. The highest BCUT2D eigenvalue weighted by atomic mass is 35.5. The highest BCUT2D eigenvalue weighted by Crippen LogP contribution is 2.54. The number of nitrogens with one attached hydrogen (secondary N) is 5. The molecule has 8 rings (SSSR count). The molecule has 0 unspecified atom stereocenters. The average Bonchev–Trinajstić information content (AvgIpc) is 4.12. The molecule has 3 aliphatic rings. The van der Waals surface area contributed by atoms with Crippen molar-refractivity contribution < 1.29 is 28.7 Å². The van der Waals surface area contributed by atoms with Crippen molar-refractivity contribution >= 4 is 58.0 Å². The van der Waals surface area contributed by atoms with Crippen molar-refractivity contribution in [2.75, 3.05) is 14.2 Å². The maximum Gasteiger partial charge on any atom is 0.407 e. The van der Waals surface area contributed by atoms with Crippen LogP contribution in [0, 0.1) is 23.7 Å². The lowest BCUT2D eigenvalue weighted by Crippen LogP contribution is -2.52. The number of aromatic amines is 2. The van der Waals surface area contributed by atoms with Gasteiger partial charge in [-0.1, -0.05) is 112 Å². The molecule has 2 saturated carbocycles. The molecule has 2 aliphatic carbocycles. The monoisotopic (exact) mass is 882 g/mol. The number of benzene rings is 3. The molecule has 326 valence electrons. The molecule has 0 spiro atoms. The van der Waals surface area contributed by atoms with E-state index in [9.17, 15) is 19.2 Å². The molecule has 14 nitrogen and oxygen atoms in total. The summed E-state index contributed by atoms with van der Waals surface area (Å²) in [5.74, 6) is 1.30. The Morgan fingerprint density at radius 1 is 0.726 bits per heavy atom. The fourth-order valence-corrected chi connectivity index (χ4v) is 9.12. The van der Waals surface area contributed by atoms with Crippen LogP contribution < -0.4 is 16.0 Å². The lowest BCUT2D eigenvalue weighted by Gasteiger charge is -2.31. The van der Waals surface area contributed by atoms with Crippen LogP contribution in [0.4, 0.5) is 9.59 Å². The third-order valence-electron chi connectivity index (χ3n) is 12.3. The predicted octanol–water partition coefficient (Wildman–Crippen LogP) is 8.97. The van der Waals surface area contributed by atoms with E-state index < -0.39 is 30.3 Å². The fraction of sp³-hybridized carbons (Fsp3) is 0.435. The molecule has 1 saturated heterocycles. The van der Waals surface area contributed by atoms with E-state index in [1.807, 2.05) is 69.0 Å². The topological polar surface area (TPSA) is 183 Å². The van der Waals surface area contributed by atoms with E-state index in [0.29, 0.717) is 51.6 Å². The first-order chi connectivity index (χ1) is 29.7. The summed E-state index contributed by atoms with van der Waals surface area (Å²) in [5, 5.41) is 11.3. The average molecular weight is 884 g/mol. The summed E-state index contributed by atoms with van der Waals surface area (Å²) < 4.78 is 9.55. The number of nitrogens with zero attached hydrogens (tertiary/aromatic N) is 3. The summed E-state index contributed by atoms with van der Waals surface area (Å²) in [7, 11) is 2.56. The first kappa shape index (κ1) is 43.1. The van der Waals surface area contributed by atoms with Crippen LogP contribution in [0.1, 0.15) is 83.5 Å². The van der Waals surface area contributed by atoms with Gasteiger partial charge in [-0.2, -0.15) is 0 Å². The Morgan fingerprint density at radius 2 is 1.29 bits per heavy atom. The Labute approximate surface area is 370 Å². The quantitative estimate of drug-likeness (QED) is 0.0732. The van der Waals surface area contributed by atoms with Gasteiger partial charge in [0.05, 0.1) is 26.3 Å². The molecule has 62 heavy (non-hydrogen) atoms. The summed E-state index contributed by atoms with van der Waals surface area (Å²) in [6.45, 7) is 7.53. The minimum absolute atomic E-state index is 0.114. The minimum Gasteiger partial charge on any atom is -0.453 e. The van der Waals surface area contributed by atoms with Gasteiger partial charge < -0.3 is 40.3 Å². The molecule has 6 atom stereocenters. The summed E-state index contributed by atoms with van der Waals surface area (Å²) in [5.41, 5.74) is 4.92. The Morgan fingerprint density at radius 3 is 1.92 bits per heavy atom. The van der Waals surface area contributed by atoms with Crippen LogP contribution in [0.15, 0.2) is 60.7 Å². The fourth-order valence-electron chi connectivity index (χ4n) is 8.62. The van der Waals surface area contributed by atoms with Crippen LogP contribution in [0.3, 0.4) is 0 Å². The molecular formula is C46H52Cl2N8O6. The molecule has 4 amide bonds. The summed E-state index contributed by atoms with van der Waals surface area (Å²) in [4.78, 5) is 69.5. The van der Waals surface area contributed by atoms with E-state index in [-0.39, 0.29) is 35.7 Å². The van der Waals surface area contributed by atoms with Crippen LogP contribution in [0.2, 0.25) is 10.3 Å². The highest BCUT2D eigenvalue weighted by molar-refractivity contribution is 6.32. The number of halogens is 2. The number of alkyl carbamates (subject to hydrolysis) is 2. The van der Waals surface area contributed by atoms with Gasteiger partial charge in [-0.05, 0) is 77.0 Å². The van der Waals surface area contributed by atoms with Gasteiger partial charge in [0.25, 0.3) is 0 Å². The smallest absolute Gasteiger partial charge is 0.407 e. The number of carbonyl (C=O) groups is 4. The van der Waals surface area contributed by atoms with Crippen molar-refractivity contribution in [3.63, 3.8) is 0 Å². The molecule has 0 bridgehead atoms. The van der Waals surface area contributed by atoms with E-state index in [0.717, 1.165) is 58.7 Å². The number of ether oxygens (including phenoxy) is 2. The number of fused-ring (bicyclic) bond motifs is 2. The van der Waals surface area contributed by atoms with Crippen LogP contribution in [0.5, 0.6) is 0 Å². The Balaban J connectivity index is 0.974. The van der Waals surface area contributed by atoms with Crippen molar-refractivity contribution in [2.45, 2.75) is 90.0 Å². The first-order valence-electron chi connectivity index (χ1n) is 21.2. The van der Waals surface area contributed by atoms with Crippen molar-refractivity contribution in [3.8, 4) is 33.6 Å². The van der Waals surface area contributed by atoms with E-state index in [1.54, 1.807) is 0 Å². The number of hydrogen-bond donors (Lipinski definition) is 5. The number of methoxy groups -OCH3 is 2. The number of likely N-dealkylation sites (tertiary alicyclic amines) is 1. The van der Waals surface area contributed by atoms with E-state index >= 15 is 0 Å². The third-order valence-corrected chi connectivity index (χ3v) is 12.9. The van der Waals surface area contributed by atoms with Gasteiger partial charge in [0.2, 0.25) is 11.8 Å². The number of imidazole rings is 2. The van der Waals surface area contributed by atoms with Gasteiger partial charge in [-0.15, -0.1) is 0 Å². The molecule has 5 aromatic rings. The van der Waals surface area contributed by atoms with E-state index in [2.05, 4.69) is 50.2 Å². The summed E-state index contributed by atoms with van der Waals surface area (Å²) in [6.07, 6.45) is 3.29. The SMILES string of the molecule is COC(=O)N[C@H](C(=O)N[C@@H](CC1CC1)c1nc(-c2ccc3cc(-c4ccc(-c5nc([C@@H]6C[C@H]7C[C@H]7N6C(=O)[C@@H](NC(=O)OC)C(C)C)[nH]c5Cl)cc4)ccc3c2)c(Cl)[nH]1)C(C)C. The molecule has 3 heterocycles. The Kier molecular flexibility index (Phi) is 12.3. The van der Waals surface area contributed by atoms with Crippen LogP contribution in [-0.2, 0) is 19.1 Å². The van der Waals surface area contributed by atoms with Gasteiger partial charge in [-0.3, -0.25) is 9.59 Å². The van der Waals surface area contributed by atoms with E-state index in [4.69, 9.17) is 42.6 Å². The molecule has 1 aliphatic heterocycles. The molecule has 3 fully saturated rings. The number of H-pyrrole nitrogens is 2. The zero-order valence-electron chi connectivity index (χ0n) is 35.6. The van der Waals surface area contributed by atoms with Crippen molar-refractivity contribution in [1.29, 1.82) is 0 Å². The second kappa shape index (κ2) is 17.6. The molecular weight excluding hydrogens is 831 g/mol. The molecule has 3 aromatic carbocycles. The van der Waals surface area contributed by atoms with Gasteiger partial charge in [0, 0.05) is 17.2 Å². The number of rotatable bonds is 14. The van der Waals surface area contributed by atoms with Crippen molar-refractivity contribution in [3.05, 3.63) is 82.6 Å². The highest BCUT2D eigenvalue weighted by Gasteiger charge is 2.56. The molecule has 0 radical (unpaired) electrons. The predicted molar refractivity (Wildman–Crippen MR) is 237 cm³/mol. The van der Waals surface area contributed by atoms with Crippen molar-refractivity contribution in [1.82, 2.24) is 40.8 Å². The lowest BCUT2D eigenvalue weighted by molar-refractivity contribution is -0.136. The standard InChI is InChI=1S/C46H52Cl2N8O6/c1-22(2)35(52-45(59)61-5)43(57)49-32(17-24-7-8-24)41-50-38(40(48)54-41)30-16-15-28-18-27(13-14-29(28)19-30)25-9-11-26(12-10-25)37-39(47)55-42(51-37)34-21-31-20-33(31)56(34)44(58)36(23(3)4)53-46(60)62-6/h9-16,18-19,22-24,31-36H,7-8,17,20-21H2,1-6H3,(H,49,57)(H,50,54)(H,51,55)(H,52,59)(H,53,60)/t31-,32+,33-,34+,35+,36+/m1/s1. The second-order valence-electron chi connectivity index (χ2n) is 17.4. The van der Waals surface area contributed by atoms with Crippen LogP contribution >= 0.6 is 23.2 Å². The number of amides is 4. The number of hydrogen-bond acceptors (Lipinski definition) is 8. The Hall–Kier alpha value is -5.60. The first-order valence-corrected chi connectivity index (χ1v) is 22.0. The van der Waals surface area contributed by atoms with Gasteiger partial charge in [-0.25, -0.2) is 19.6 Å². The maximum absolute atomic E-state index is 13.9. The molecule has 5 N–H and O–H groups in total. The second-order valence-corrected chi connectivity index (χ2v) is 18.2.